The van der Waals surface area contributed by atoms with E-state index in [0.717, 1.165) is 25.3 Å². The number of halogens is 4. The van der Waals surface area contributed by atoms with Gasteiger partial charge in [0.05, 0.1) is 5.56 Å². The molecular formula is C13H19ClF3N. The van der Waals surface area contributed by atoms with Crippen LogP contribution >= 0.6 is 12.4 Å². The maximum atomic E-state index is 12.7. The molecule has 0 fully saturated rings. The molecule has 0 spiro atoms. The summed E-state index contributed by atoms with van der Waals surface area (Å²) >= 11 is 0. The van der Waals surface area contributed by atoms with E-state index in [0.29, 0.717) is 6.42 Å². The molecule has 1 nitrogen and oxygen atoms in total. The van der Waals surface area contributed by atoms with Gasteiger partial charge in [-0.15, -0.1) is 12.4 Å². The molecule has 0 amide bonds. The van der Waals surface area contributed by atoms with E-state index in [1.807, 2.05) is 0 Å². The van der Waals surface area contributed by atoms with Crippen LogP contribution in [0, 0.1) is 0 Å². The molecule has 0 unspecified atom stereocenters. The first-order chi connectivity index (χ1) is 7.96. The van der Waals surface area contributed by atoms with Gasteiger partial charge in [0.2, 0.25) is 0 Å². The minimum absolute atomic E-state index is 0. The van der Waals surface area contributed by atoms with E-state index in [2.05, 4.69) is 6.92 Å². The van der Waals surface area contributed by atoms with Crippen molar-refractivity contribution in [2.75, 3.05) is 0 Å². The Morgan fingerprint density at radius 2 is 1.78 bits per heavy atom. The lowest BCUT2D eigenvalue weighted by Crippen LogP contribution is -2.17. The molecule has 0 radical (unpaired) electrons. The van der Waals surface area contributed by atoms with Crippen molar-refractivity contribution in [1.29, 1.82) is 0 Å². The summed E-state index contributed by atoms with van der Waals surface area (Å²) in [6, 6.07) is 5.03. The van der Waals surface area contributed by atoms with Crippen LogP contribution in [0.15, 0.2) is 24.3 Å². The fourth-order valence-corrected chi connectivity index (χ4v) is 1.85. The van der Waals surface area contributed by atoms with Crippen LogP contribution in [0.4, 0.5) is 13.2 Å². The summed E-state index contributed by atoms with van der Waals surface area (Å²) in [6.07, 6.45) is -0.820. The molecule has 1 rings (SSSR count). The summed E-state index contributed by atoms with van der Waals surface area (Å²) in [6.45, 7) is 2.05. The molecule has 104 valence electrons. The van der Waals surface area contributed by atoms with E-state index in [9.17, 15) is 13.2 Å². The van der Waals surface area contributed by atoms with E-state index in [1.54, 1.807) is 6.07 Å². The predicted octanol–water partition coefficient (Wildman–Crippen LogP) is 4.71. The molecular weight excluding hydrogens is 263 g/mol. The third kappa shape index (κ3) is 4.86. The SMILES string of the molecule is CCCCC[C@@H](N)c1ccccc1C(F)(F)F.Cl. The van der Waals surface area contributed by atoms with Gasteiger partial charge in [0, 0.05) is 6.04 Å². The van der Waals surface area contributed by atoms with Crippen molar-refractivity contribution in [3.8, 4) is 0 Å². The maximum absolute atomic E-state index is 12.7. The highest BCUT2D eigenvalue weighted by molar-refractivity contribution is 5.85. The van der Waals surface area contributed by atoms with Gasteiger partial charge < -0.3 is 5.73 Å². The van der Waals surface area contributed by atoms with Crippen molar-refractivity contribution in [3.05, 3.63) is 35.4 Å². The highest BCUT2D eigenvalue weighted by Crippen LogP contribution is 2.34. The van der Waals surface area contributed by atoms with Crippen molar-refractivity contribution in [3.63, 3.8) is 0 Å². The Morgan fingerprint density at radius 3 is 2.33 bits per heavy atom. The van der Waals surface area contributed by atoms with Gasteiger partial charge in [-0.1, -0.05) is 44.4 Å². The fraction of sp³-hybridized carbons (Fsp3) is 0.538. The Morgan fingerprint density at radius 1 is 1.17 bits per heavy atom. The molecule has 0 aliphatic rings. The molecule has 1 aromatic rings. The monoisotopic (exact) mass is 281 g/mol. The molecule has 18 heavy (non-hydrogen) atoms. The first-order valence-electron chi connectivity index (χ1n) is 5.88. The van der Waals surface area contributed by atoms with Crippen molar-refractivity contribution >= 4 is 12.4 Å². The van der Waals surface area contributed by atoms with Crippen LogP contribution in [0.2, 0.25) is 0 Å². The molecule has 0 heterocycles. The molecule has 1 atom stereocenters. The topological polar surface area (TPSA) is 26.0 Å². The van der Waals surface area contributed by atoms with Crippen LogP contribution in [-0.4, -0.2) is 0 Å². The van der Waals surface area contributed by atoms with Gasteiger partial charge in [-0.3, -0.25) is 0 Å². The maximum Gasteiger partial charge on any atom is 0.416 e. The second-order valence-corrected chi connectivity index (χ2v) is 4.19. The number of hydrogen-bond donors (Lipinski definition) is 1. The number of hydrogen-bond acceptors (Lipinski definition) is 1. The quantitative estimate of drug-likeness (QED) is 0.777. The van der Waals surface area contributed by atoms with Crippen LogP contribution in [0.5, 0.6) is 0 Å². The largest absolute Gasteiger partial charge is 0.416 e. The normalized spacial score (nSPS) is 12.9. The van der Waals surface area contributed by atoms with Crippen LogP contribution in [0.3, 0.4) is 0 Å². The van der Waals surface area contributed by atoms with Gasteiger partial charge >= 0.3 is 6.18 Å². The summed E-state index contributed by atoms with van der Waals surface area (Å²) in [4.78, 5) is 0. The minimum atomic E-state index is -4.32. The zero-order chi connectivity index (χ0) is 12.9. The van der Waals surface area contributed by atoms with Crippen LogP contribution < -0.4 is 5.73 Å². The van der Waals surface area contributed by atoms with Gasteiger partial charge in [0.25, 0.3) is 0 Å². The summed E-state index contributed by atoms with van der Waals surface area (Å²) in [7, 11) is 0. The smallest absolute Gasteiger partial charge is 0.324 e. The molecule has 0 aliphatic carbocycles. The highest BCUT2D eigenvalue weighted by atomic mass is 35.5. The van der Waals surface area contributed by atoms with E-state index in [-0.39, 0.29) is 18.0 Å². The van der Waals surface area contributed by atoms with E-state index >= 15 is 0 Å². The number of rotatable bonds is 5. The molecule has 1 aromatic carbocycles. The third-order valence-corrected chi connectivity index (χ3v) is 2.78. The average molecular weight is 282 g/mol. The first-order valence-corrected chi connectivity index (χ1v) is 5.88. The van der Waals surface area contributed by atoms with E-state index < -0.39 is 17.8 Å². The average Bonchev–Trinajstić information content (AvgIpc) is 2.28. The lowest BCUT2D eigenvalue weighted by atomic mass is 9.96. The molecule has 0 bridgehead atoms. The predicted molar refractivity (Wildman–Crippen MR) is 69.8 cm³/mol. The Balaban J connectivity index is 0.00000289. The van der Waals surface area contributed by atoms with Crippen LogP contribution in [0.1, 0.15) is 49.8 Å². The Bertz CT molecular complexity index is 352. The zero-order valence-corrected chi connectivity index (χ0v) is 11.2. The van der Waals surface area contributed by atoms with Crippen LogP contribution in [-0.2, 0) is 6.18 Å². The van der Waals surface area contributed by atoms with Crippen LogP contribution in [0.25, 0.3) is 0 Å². The number of alkyl halides is 3. The van der Waals surface area contributed by atoms with Gasteiger partial charge in [-0.05, 0) is 18.1 Å². The standard InChI is InChI=1S/C13H18F3N.ClH/c1-2-3-4-9-12(17)10-7-5-6-8-11(10)13(14,15)16;/h5-8,12H,2-4,9,17H2,1H3;1H/t12-;/m1./s1. The summed E-state index contributed by atoms with van der Waals surface area (Å²) < 4.78 is 38.2. The van der Waals surface area contributed by atoms with Crippen molar-refractivity contribution < 1.29 is 13.2 Å². The van der Waals surface area contributed by atoms with Gasteiger partial charge in [0.1, 0.15) is 0 Å². The van der Waals surface area contributed by atoms with Gasteiger partial charge in [-0.25, -0.2) is 0 Å². The molecule has 0 aromatic heterocycles. The lowest BCUT2D eigenvalue weighted by molar-refractivity contribution is -0.138. The molecule has 2 N–H and O–H groups in total. The fourth-order valence-electron chi connectivity index (χ4n) is 1.85. The Hall–Kier alpha value is -0.740. The summed E-state index contributed by atoms with van der Waals surface area (Å²) in [5.74, 6) is 0. The lowest BCUT2D eigenvalue weighted by Gasteiger charge is -2.18. The first kappa shape index (κ1) is 17.3. The van der Waals surface area contributed by atoms with Crippen molar-refractivity contribution in [2.45, 2.75) is 44.8 Å². The number of nitrogens with two attached hydrogens (primary N) is 1. The highest BCUT2D eigenvalue weighted by Gasteiger charge is 2.34. The molecule has 0 aliphatic heterocycles. The van der Waals surface area contributed by atoms with Crippen molar-refractivity contribution in [2.24, 2.45) is 5.73 Å². The third-order valence-electron chi connectivity index (χ3n) is 2.78. The van der Waals surface area contributed by atoms with E-state index in [1.165, 1.54) is 12.1 Å². The number of unbranched alkanes of at least 4 members (excludes halogenated alkanes) is 2. The van der Waals surface area contributed by atoms with E-state index in [4.69, 9.17) is 5.73 Å². The van der Waals surface area contributed by atoms with Gasteiger partial charge in [0.15, 0.2) is 0 Å². The van der Waals surface area contributed by atoms with Gasteiger partial charge in [-0.2, -0.15) is 13.2 Å². The van der Waals surface area contributed by atoms with Crippen molar-refractivity contribution in [1.82, 2.24) is 0 Å². The zero-order valence-electron chi connectivity index (χ0n) is 10.3. The Labute approximate surface area is 112 Å². The Kier molecular flexibility index (Phi) is 7.33. The summed E-state index contributed by atoms with van der Waals surface area (Å²) in [5.41, 5.74) is 5.43. The second kappa shape index (κ2) is 7.64. The summed E-state index contributed by atoms with van der Waals surface area (Å²) in [5, 5.41) is 0. The molecule has 5 heteroatoms. The number of benzene rings is 1. The molecule has 0 saturated heterocycles. The second-order valence-electron chi connectivity index (χ2n) is 4.19. The minimum Gasteiger partial charge on any atom is -0.324 e. The molecule has 0 saturated carbocycles.